The van der Waals surface area contributed by atoms with Crippen LogP contribution in [0.25, 0.3) is 0 Å². The monoisotopic (exact) mass is 194 g/mol. The highest BCUT2D eigenvalue weighted by Crippen LogP contribution is 2.03. The summed E-state index contributed by atoms with van der Waals surface area (Å²) < 4.78 is 0. The van der Waals surface area contributed by atoms with Crippen molar-refractivity contribution in [3.63, 3.8) is 0 Å². The molecule has 0 unspecified atom stereocenters. The third-order valence-corrected chi connectivity index (χ3v) is 1.64. The summed E-state index contributed by atoms with van der Waals surface area (Å²) in [5.41, 5.74) is 6.35. The zero-order valence-electron chi connectivity index (χ0n) is 8.08. The molecule has 14 heavy (non-hydrogen) atoms. The summed E-state index contributed by atoms with van der Waals surface area (Å²) in [5, 5.41) is 5.20. The molecule has 1 aromatic heterocycles. The number of nitrogens with two attached hydrogens (primary N) is 1. The Morgan fingerprint density at radius 2 is 2.36 bits per heavy atom. The van der Waals surface area contributed by atoms with Gasteiger partial charge in [0.25, 0.3) is 0 Å². The van der Waals surface area contributed by atoms with Crippen LogP contribution in [0.5, 0.6) is 0 Å². The Bertz CT molecular complexity index is 296. The van der Waals surface area contributed by atoms with Crippen molar-refractivity contribution in [2.24, 2.45) is 5.73 Å². The molecule has 0 saturated carbocycles. The lowest BCUT2D eigenvalue weighted by atomic mass is 10.3. The maximum absolute atomic E-state index is 11.1. The molecular weight excluding hydrogens is 180 g/mol. The molecule has 1 heterocycles. The van der Waals surface area contributed by atoms with E-state index in [1.54, 1.807) is 12.3 Å². The Morgan fingerprint density at radius 1 is 1.57 bits per heavy atom. The summed E-state index contributed by atoms with van der Waals surface area (Å²) in [5.74, 6) is 0.521. The van der Waals surface area contributed by atoms with E-state index in [9.17, 15) is 4.79 Å². The van der Waals surface area contributed by atoms with Crippen LogP contribution in [0.3, 0.4) is 0 Å². The first-order valence-corrected chi connectivity index (χ1v) is 4.46. The van der Waals surface area contributed by atoms with E-state index in [1.165, 1.54) is 0 Å². The molecule has 5 nitrogen and oxygen atoms in total. The Balaban J connectivity index is 2.55. The largest absolute Gasteiger partial charge is 0.338 e. The number of amides is 2. The van der Waals surface area contributed by atoms with Gasteiger partial charge in [0.15, 0.2) is 0 Å². The summed E-state index contributed by atoms with van der Waals surface area (Å²) in [6.45, 7) is 2.89. The number of anilines is 1. The van der Waals surface area contributed by atoms with Crippen molar-refractivity contribution >= 4 is 11.8 Å². The third kappa shape index (κ3) is 3.02. The molecule has 76 valence electrons. The minimum Gasteiger partial charge on any atom is -0.338 e. The number of nitrogens with one attached hydrogen (secondary N) is 2. The number of aromatic nitrogens is 1. The molecule has 0 saturated heterocycles. The molecule has 5 heteroatoms. The summed E-state index contributed by atoms with van der Waals surface area (Å²) in [7, 11) is 0. The maximum Gasteiger partial charge on any atom is 0.320 e. The molecule has 2 amide bonds. The topological polar surface area (TPSA) is 80.0 Å². The van der Waals surface area contributed by atoms with E-state index in [1.807, 2.05) is 13.0 Å². The van der Waals surface area contributed by atoms with Crippen molar-refractivity contribution in [1.29, 1.82) is 0 Å². The minimum atomic E-state index is -0.250. The van der Waals surface area contributed by atoms with Gasteiger partial charge in [0.05, 0.1) is 0 Å². The summed E-state index contributed by atoms with van der Waals surface area (Å²) >= 11 is 0. The third-order valence-electron chi connectivity index (χ3n) is 1.64. The first kappa shape index (κ1) is 10.5. The van der Waals surface area contributed by atoms with Crippen LogP contribution in [0.15, 0.2) is 18.3 Å². The van der Waals surface area contributed by atoms with Crippen molar-refractivity contribution in [2.75, 3.05) is 11.9 Å². The molecule has 0 aliphatic rings. The van der Waals surface area contributed by atoms with Gasteiger partial charge in [0.2, 0.25) is 0 Å². The van der Waals surface area contributed by atoms with Crippen LogP contribution in [0.2, 0.25) is 0 Å². The van der Waals surface area contributed by atoms with Gasteiger partial charge >= 0.3 is 6.03 Å². The average molecular weight is 194 g/mol. The van der Waals surface area contributed by atoms with Crippen LogP contribution in [0, 0.1) is 0 Å². The molecule has 0 aliphatic heterocycles. The Hall–Kier alpha value is -1.62. The van der Waals surface area contributed by atoms with Crippen molar-refractivity contribution in [2.45, 2.75) is 13.5 Å². The van der Waals surface area contributed by atoms with E-state index in [0.717, 1.165) is 5.56 Å². The number of rotatable bonds is 3. The molecular formula is C9H14N4O. The van der Waals surface area contributed by atoms with E-state index < -0.39 is 0 Å². The van der Waals surface area contributed by atoms with Gasteiger partial charge < -0.3 is 11.1 Å². The quantitative estimate of drug-likeness (QED) is 0.662. The molecule has 1 rings (SSSR count). The van der Waals surface area contributed by atoms with E-state index in [0.29, 0.717) is 18.9 Å². The van der Waals surface area contributed by atoms with Crippen LogP contribution in [-0.4, -0.2) is 17.6 Å². The fourth-order valence-electron chi connectivity index (χ4n) is 0.940. The highest BCUT2D eigenvalue weighted by Gasteiger charge is 1.99. The molecule has 1 aromatic rings. The fraction of sp³-hybridized carbons (Fsp3) is 0.333. The maximum atomic E-state index is 11.1. The molecule has 0 bridgehead atoms. The fourth-order valence-corrected chi connectivity index (χ4v) is 0.940. The van der Waals surface area contributed by atoms with E-state index in [-0.39, 0.29) is 6.03 Å². The number of hydrogen-bond donors (Lipinski definition) is 3. The average Bonchev–Trinajstić information content (AvgIpc) is 2.19. The number of pyridine rings is 1. The van der Waals surface area contributed by atoms with Gasteiger partial charge in [-0.05, 0) is 18.6 Å². The Kier molecular flexibility index (Phi) is 3.87. The smallest absolute Gasteiger partial charge is 0.320 e. The lowest BCUT2D eigenvalue weighted by molar-refractivity contribution is 0.252. The van der Waals surface area contributed by atoms with Crippen molar-refractivity contribution in [3.05, 3.63) is 23.9 Å². The number of nitrogens with zero attached hydrogens (tertiary/aromatic N) is 1. The predicted octanol–water partition coefficient (Wildman–Crippen LogP) is 0.682. The highest BCUT2D eigenvalue weighted by atomic mass is 16.2. The van der Waals surface area contributed by atoms with E-state index in [4.69, 9.17) is 5.73 Å². The molecule has 0 atom stereocenters. The first-order chi connectivity index (χ1) is 6.76. The lowest BCUT2D eigenvalue weighted by Crippen LogP contribution is -2.28. The lowest BCUT2D eigenvalue weighted by Gasteiger charge is -2.04. The molecule has 0 fully saturated rings. The molecule has 0 aromatic carbocycles. The number of hydrogen-bond acceptors (Lipinski definition) is 3. The van der Waals surface area contributed by atoms with Crippen LogP contribution >= 0.6 is 0 Å². The van der Waals surface area contributed by atoms with Gasteiger partial charge in [-0.25, -0.2) is 9.78 Å². The molecule has 0 radical (unpaired) electrons. The highest BCUT2D eigenvalue weighted by molar-refractivity contribution is 5.88. The SMILES string of the molecule is CCNC(=O)Nc1ccc(CN)cn1. The van der Waals surface area contributed by atoms with Crippen molar-refractivity contribution in [3.8, 4) is 0 Å². The van der Waals surface area contributed by atoms with Gasteiger partial charge in [0.1, 0.15) is 5.82 Å². The van der Waals surface area contributed by atoms with Gasteiger partial charge in [-0.2, -0.15) is 0 Å². The number of urea groups is 1. The van der Waals surface area contributed by atoms with Crippen LogP contribution in [0.1, 0.15) is 12.5 Å². The summed E-state index contributed by atoms with van der Waals surface area (Å²) in [6.07, 6.45) is 1.64. The van der Waals surface area contributed by atoms with Crippen molar-refractivity contribution < 1.29 is 4.79 Å². The van der Waals surface area contributed by atoms with E-state index >= 15 is 0 Å². The second-order valence-corrected chi connectivity index (χ2v) is 2.74. The van der Waals surface area contributed by atoms with Gasteiger partial charge in [-0.15, -0.1) is 0 Å². The summed E-state index contributed by atoms with van der Waals surface area (Å²) in [4.78, 5) is 15.1. The molecule has 4 N–H and O–H groups in total. The van der Waals surface area contributed by atoms with Gasteiger partial charge in [-0.1, -0.05) is 6.07 Å². The second kappa shape index (κ2) is 5.18. The summed E-state index contributed by atoms with van der Waals surface area (Å²) in [6, 6.07) is 3.30. The van der Waals surface area contributed by atoms with Crippen LogP contribution in [-0.2, 0) is 6.54 Å². The first-order valence-electron chi connectivity index (χ1n) is 4.46. The Labute approximate surface area is 82.7 Å². The van der Waals surface area contributed by atoms with Gasteiger partial charge in [-0.3, -0.25) is 5.32 Å². The van der Waals surface area contributed by atoms with Crippen molar-refractivity contribution in [1.82, 2.24) is 10.3 Å². The standard InChI is InChI=1S/C9H14N4O/c1-2-11-9(14)13-8-4-3-7(5-10)6-12-8/h3-4,6H,2,5,10H2,1H3,(H2,11,12,13,14). The van der Waals surface area contributed by atoms with Gasteiger partial charge in [0, 0.05) is 19.3 Å². The zero-order valence-corrected chi connectivity index (χ0v) is 8.08. The minimum absolute atomic E-state index is 0.250. The number of carbonyl (C=O) groups is 1. The second-order valence-electron chi connectivity index (χ2n) is 2.74. The normalized spacial score (nSPS) is 9.57. The molecule has 0 spiro atoms. The molecule has 0 aliphatic carbocycles. The Morgan fingerprint density at radius 3 is 2.86 bits per heavy atom. The predicted molar refractivity (Wildman–Crippen MR) is 54.8 cm³/mol. The zero-order chi connectivity index (χ0) is 10.4. The van der Waals surface area contributed by atoms with Crippen LogP contribution < -0.4 is 16.4 Å². The van der Waals surface area contributed by atoms with E-state index in [2.05, 4.69) is 15.6 Å². The van der Waals surface area contributed by atoms with Crippen LogP contribution in [0.4, 0.5) is 10.6 Å². The number of carbonyl (C=O) groups excluding carboxylic acids is 1.